The maximum Gasteiger partial charge on any atom is 0.164 e. The van der Waals surface area contributed by atoms with Gasteiger partial charge < -0.3 is 14.4 Å². The third kappa shape index (κ3) is 7.03. The molecule has 0 atom stereocenters. The molecule has 8 aromatic carbocycles. The molecule has 0 saturated carbocycles. The molecular weight excluding hydrogens is 771 g/mol. The SMILES string of the molecule is c1ccc(-c2nc(-c3ccccc3)nc(-c3cc(N(c4ccccc4)c4ccccc4)c(-n4c5ccccc5c5ncccc54)c(N(c4ccccc4)c4ccccc4)c3)n2)cc1. The van der Waals surface area contributed by atoms with E-state index in [9.17, 15) is 0 Å². The van der Waals surface area contributed by atoms with E-state index < -0.39 is 0 Å². The van der Waals surface area contributed by atoms with Crippen molar-refractivity contribution in [2.24, 2.45) is 0 Å². The van der Waals surface area contributed by atoms with Crippen LogP contribution in [0.1, 0.15) is 0 Å². The molecule has 0 radical (unpaired) electrons. The number of anilines is 6. The Hall–Kier alpha value is -8.68. The molecule has 0 spiro atoms. The van der Waals surface area contributed by atoms with Gasteiger partial charge in [0.2, 0.25) is 0 Å². The first kappa shape index (κ1) is 37.3. The van der Waals surface area contributed by atoms with Crippen LogP contribution in [0, 0.1) is 0 Å². The molecule has 63 heavy (non-hydrogen) atoms. The summed E-state index contributed by atoms with van der Waals surface area (Å²) in [6.45, 7) is 0. The van der Waals surface area contributed by atoms with Crippen molar-refractivity contribution in [2.45, 2.75) is 0 Å². The number of nitrogens with zero attached hydrogens (tertiary/aromatic N) is 7. The lowest BCUT2D eigenvalue weighted by Crippen LogP contribution is -2.18. The standard InChI is InChI=1S/C56H39N7/c1-7-22-40(23-8-1)54-58-55(41-24-9-2-10-25-41)60-56(59-54)42-38-50(61(43-26-11-3-12-27-43)44-28-13-4-14-29-44)53(63-48-35-20-19-34-47(48)52-49(63)36-21-37-57-52)51(39-42)62(45-30-15-5-16-31-45)46-32-17-6-18-33-46/h1-39H. The van der Waals surface area contributed by atoms with Crippen LogP contribution in [0.3, 0.4) is 0 Å². The first-order chi connectivity index (χ1) is 31.3. The molecule has 0 aliphatic heterocycles. The molecule has 7 heteroatoms. The lowest BCUT2D eigenvalue weighted by Gasteiger charge is -2.34. The quantitative estimate of drug-likeness (QED) is 0.137. The summed E-state index contributed by atoms with van der Waals surface area (Å²) in [5.74, 6) is 1.72. The fraction of sp³-hybridized carbons (Fsp3) is 0. The Kier molecular flexibility index (Phi) is 9.72. The Labute approximate surface area is 365 Å². The number of rotatable bonds is 10. The number of aromatic nitrogens is 5. The Morgan fingerprint density at radius 3 is 1.14 bits per heavy atom. The highest BCUT2D eigenvalue weighted by atomic mass is 15.2. The van der Waals surface area contributed by atoms with E-state index in [1.54, 1.807) is 0 Å². The number of fused-ring (bicyclic) bond motifs is 3. The molecule has 0 saturated heterocycles. The van der Waals surface area contributed by atoms with E-state index in [0.717, 1.165) is 78.4 Å². The molecule has 0 aliphatic rings. The second-order valence-corrected chi connectivity index (χ2v) is 15.1. The van der Waals surface area contributed by atoms with Gasteiger partial charge >= 0.3 is 0 Å². The minimum atomic E-state index is 0.544. The molecule has 11 aromatic rings. The van der Waals surface area contributed by atoms with Crippen LogP contribution < -0.4 is 9.80 Å². The third-order valence-corrected chi connectivity index (χ3v) is 11.2. The maximum atomic E-state index is 5.31. The Balaban J connectivity index is 1.33. The molecule has 3 heterocycles. The number of hydrogen-bond acceptors (Lipinski definition) is 6. The van der Waals surface area contributed by atoms with E-state index in [-0.39, 0.29) is 0 Å². The van der Waals surface area contributed by atoms with Crippen LogP contribution in [-0.2, 0) is 0 Å². The number of benzene rings is 8. The summed E-state index contributed by atoms with van der Waals surface area (Å²) < 4.78 is 2.38. The first-order valence-electron chi connectivity index (χ1n) is 21.0. The van der Waals surface area contributed by atoms with Crippen LogP contribution in [0.25, 0.3) is 61.8 Å². The molecular formula is C56H39N7. The van der Waals surface area contributed by atoms with Gasteiger partial charge in [-0.05, 0) is 78.9 Å². The lowest BCUT2D eigenvalue weighted by molar-refractivity contribution is 1.07. The van der Waals surface area contributed by atoms with E-state index >= 15 is 0 Å². The van der Waals surface area contributed by atoms with Gasteiger partial charge in [0.1, 0.15) is 0 Å². The predicted octanol–water partition coefficient (Wildman–Crippen LogP) is 14.3. The van der Waals surface area contributed by atoms with Gasteiger partial charge in [0.15, 0.2) is 17.5 Å². The molecule has 11 rings (SSSR count). The Morgan fingerprint density at radius 1 is 0.333 bits per heavy atom. The lowest BCUT2D eigenvalue weighted by atomic mass is 10.0. The fourth-order valence-electron chi connectivity index (χ4n) is 8.43. The van der Waals surface area contributed by atoms with E-state index in [4.69, 9.17) is 19.9 Å². The van der Waals surface area contributed by atoms with Crippen molar-refractivity contribution < 1.29 is 0 Å². The van der Waals surface area contributed by atoms with Crippen LogP contribution in [0.2, 0.25) is 0 Å². The van der Waals surface area contributed by atoms with E-state index in [2.05, 4.69) is 178 Å². The van der Waals surface area contributed by atoms with Crippen molar-refractivity contribution in [1.82, 2.24) is 24.5 Å². The summed E-state index contributed by atoms with van der Waals surface area (Å²) in [6, 6.07) is 79.7. The van der Waals surface area contributed by atoms with Gasteiger partial charge in [-0.1, -0.05) is 152 Å². The van der Waals surface area contributed by atoms with Gasteiger partial charge in [-0.15, -0.1) is 0 Å². The summed E-state index contributed by atoms with van der Waals surface area (Å²) in [5.41, 5.74) is 12.3. The van der Waals surface area contributed by atoms with Crippen molar-refractivity contribution in [2.75, 3.05) is 9.80 Å². The second kappa shape index (κ2) is 16.4. The van der Waals surface area contributed by atoms with Gasteiger partial charge in [0.05, 0.1) is 33.6 Å². The number of hydrogen-bond donors (Lipinski definition) is 0. The van der Waals surface area contributed by atoms with Crippen molar-refractivity contribution in [1.29, 1.82) is 0 Å². The van der Waals surface area contributed by atoms with Gasteiger partial charge in [-0.2, -0.15) is 0 Å². The van der Waals surface area contributed by atoms with E-state index in [1.807, 2.05) is 72.9 Å². The van der Waals surface area contributed by atoms with Gasteiger partial charge in [0, 0.05) is 51.0 Å². The summed E-state index contributed by atoms with van der Waals surface area (Å²) in [6.07, 6.45) is 1.87. The largest absolute Gasteiger partial charge is 0.308 e. The predicted molar refractivity (Wildman–Crippen MR) is 258 cm³/mol. The summed E-state index contributed by atoms with van der Waals surface area (Å²) >= 11 is 0. The smallest absolute Gasteiger partial charge is 0.164 e. The zero-order valence-corrected chi connectivity index (χ0v) is 34.1. The molecule has 7 nitrogen and oxygen atoms in total. The average Bonchev–Trinajstić information content (AvgIpc) is 3.70. The van der Waals surface area contributed by atoms with Crippen molar-refractivity contribution in [3.8, 4) is 39.9 Å². The van der Waals surface area contributed by atoms with Crippen LogP contribution in [0.5, 0.6) is 0 Å². The van der Waals surface area contributed by atoms with Crippen LogP contribution in [0.15, 0.2) is 237 Å². The molecule has 0 fully saturated rings. The summed E-state index contributed by atoms with van der Waals surface area (Å²) in [7, 11) is 0. The van der Waals surface area contributed by atoms with Crippen molar-refractivity contribution in [3.05, 3.63) is 237 Å². The maximum absolute atomic E-state index is 5.31. The van der Waals surface area contributed by atoms with Crippen LogP contribution in [-0.4, -0.2) is 24.5 Å². The Bertz CT molecular complexity index is 3030. The molecule has 0 N–H and O–H groups in total. The van der Waals surface area contributed by atoms with E-state index in [1.165, 1.54) is 0 Å². The van der Waals surface area contributed by atoms with Crippen LogP contribution >= 0.6 is 0 Å². The number of para-hydroxylation sites is 5. The Morgan fingerprint density at radius 2 is 0.698 bits per heavy atom. The highest BCUT2D eigenvalue weighted by molar-refractivity contribution is 6.09. The van der Waals surface area contributed by atoms with E-state index in [0.29, 0.717) is 17.5 Å². The van der Waals surface area contributed by atoms with Crippen LogP contribution in [0.4, 0.5) is 34.1 Å². The van der Waals surface area contributed by atoms with Gasteiger partial charge in [-0.25, -0.2) is 15.0 Å². The zero-order valence-electron chi connectivity index (χ0n) is 34.1. The van der Waals surface area contributed by atoms with Crippen molar-refractivity contribution >= 4 is 56.1 Å². The summed E-state index contributed by atoms with van der Waals surface area (Å²) in [4.78, 5) is 25.4. The monoisotopic (exact) mass is 809 g/mol. The molecule has 0 unspecified atom stereocenters. The molecule has 3 aromatic heterocycles. The topological polar surface area (TPSA) is 63.0 Å². The second-order valence-electron chi connectivity index (χ2n) is 15.1. The minimum Gasteiger partial charge on any atom is -0.308 e. The molecule has 0 aliphatic carbocycles. The van der Waals surface area contributed by atoms with Crippen molar-refractivity contribution in [3.63, 3.8) is 0 Å². The molecule has 298 valence electrons. The first-order valence-corrected chi connectivity index (χ1v) is 21.0. The van der Waals surface area contributed by atoms with Gasteiger partial charge in [-0.3, -0.25) is 4.98 Å². The fourth-order valence-corrected chi connectivity index (χ4v) is 8.43. The summed E-state index contributed by atoms with van der Waals surface area (Å²) in [5, 5.41) is 1.06. The highest BCUT2D eigenvalue weighted by Crippen LogP contribution is 2.50. The number of pyridine rings is 1. The normalized spacial score (nSPS) is 11.2. The third-order valence-electron chi connectivity index (χ3n) is 11.2. The molecule has 0 amide bonds. The highest BCUT2D eigenvalue weighted by Gasteiger charge is 2.29. The van der Waals surface area contributed by atoms with Gasteiger partial charge in [0.25, 0.3) is 0 Å². The zero-order chi connectivity index (χ0) is 42.0. The molecule has 0 bridgehead atoms. The minimum absolute atomic E-state index is 0.544. The average molecular weight is 810 g/mol.